The fourth-order valence-electron chi connectivity index (χ4n) is 3.43. The quantitative estimate of drug-likeness (QED) is 0.509. The zero-order valence-electron chi connectivity index (χ0n) is 20.6. The van der Waals surface area contributed by atoms with Gasteiger partial charge in [-0.15, -0.1) is 0 Å². The molecular formula is C25H34BrN3O4S. The highest BCUT2D eigenvalue weighted by Crippen LogP contribution is 2.26. The van der Waals surface area contributed by atoms with Crippen LogP contribution in [0, 0.1) is 0 Å². The monoisotopic (exact) mass is 551 g/mol. The number of amides is 2. The smallest absolute Gasteiger partial charge is 0.244 e. The summed E-state index contributed by atoms with van der Waals surface area (Å²) < 4.78 is 27.3. The number of halogens is 1. The molecule has 0 bridgehead atoms. The lowest BCUT2D eigenvalue weighted by atomic mass is 9.87. The van der Waals surface area contributed by atoms with Crippen molar-refractivity contribution < 1.29 is 18.0 Å². The Balaban J connectivity index is 2.38. The zero-order chi connectivity index (χ0) is 25.7. The van der Waals surface area contributed by atoms with E-state index >= 15 is 0 Å². The van der Waals surface area contributed by atoms with Crippen LogP contribution in [0.5, 0.6) is 0 Å². The number of carbonyl (C=O) groups is 2. The molecule has 0 radical (unpaired) electrons. The molecule has 0 saturated heterocycles. The summed E-state index contributed by atoms with van der Waals surface area (Å²) in [4.78, 5) is 27.4. The van der Waals surface area contributed by atoms with Gasteiger partial charge >= 0.3 is 0 Å². The molecule has 0 aliphatic carbocycles. The largest absolute Gasteiger partial charge is 0.355 e. The van der Waals surface area contributed by atoms with Crippen molar-refractivity contribution >= 4 is 43.5 Å². The van der Waals surface area contributed by atoms with Gasteiger partial charge in [0, 0.05) is 17.6 Å². The lowest BCUT2D eigenvalue weighted by molar-refractivity contribution is -0.139. The minimum absolute atomic E-state index is 0.0895. The van der Waals surface area contributed by atoms with E-state index in [0.29, 0.717) is 12.2 Å². The number of nitrogens with zero attached hydrogens (tertiary/aromatic N) is 2. The first-order valence-corrected chi connectivity index (χ1v) is 13.8. The molecule has 0 aliphatic heterocycles. The fourth-order valence-corrected chi connectivity index (χ4v) is 4.55. The number of hydrogen-bond donors (Lipinski definition) is 1. The summed E-state index contributed by atoms with van der Waals surface area (Å²) in [5.74, 6) is -0.764. The van der Waals surface area contributed by atoms with Gasteiger partial charge in [0.05, 0.1) is 11.9 Å². The molecule has 0 fully saturated rings. The summed E-state index contributed by atoms with van der Waals surface area (Å²) in [7, 11) is -3.75. The van der Waals surface area contributed by atoms with Gasteiger partial charge in [-0.25, -0.2) is 8.42 Å². The van der Waals surface area contributed by atoms with Gasteiger partial charge in [-0.1, -0.05) is 61.0 Å². The molecule has 2 amide bonds. The topological polar surface area (TPSA) is 86.8 Å². The van der Waals surface area contributed by atoms with Crippen LogP contribution < -0.4 is 9.62 Å². The molecule has 2 rings (SSSR count). The van der Waals surface area contributed by atoms with Crippen molar-refractivity contribution in [2.45, 2.75) is 52.6 Å². The maximum absolute atomic E-state index is 13.5. The normalized spacial score (nSPS) is 12.7. The van der Waals surface area contributed by atoms with E-state index < -0.39 is 28.5 Å². The van der Waals surface area contributed by atoms with Crippen molar-refractivity contribution in [3.8, 4) is 0 Å². The summed E-state index contributed by atoms with van der Waals surface area (Å²) in [6, 6.07) is 13.8. The molecule has 0 unspecified atom stereocenters. The van der Waals surface area contributed by atoms with E-state index in [2.05, 4.69) is 42.0 Å². The molecule has 0 saturated carbocycles. The SMILES string of the molecule is CCNC(=O)[C@H](C)N(Cc1ccc(Br)cc1)C(=O)CN(c1ccc(C(C)(C)C)cc1)S(C)(=O)=O. The Labute approximate surface area is 211 Å². The second kappa shape index (κ2) is 11.4. The number of benzene rings is 2. The van der Waals surface area contributed by atoms with Gasteiger partial charge in [-0.05, 0) is 54.7 Å². The number of likely N-dealkylation sites (N-methyl/N-ethyl adjacent to an activating group) is 1. The van der Waals surface area contributed by atoms with E-state index in [1.165, 1.54) is 4.90 Å². The van der Waals surface area contributed by atoms with Crippen LogP contribution in [-0.4, -0.2) is 50.5 Å². The Morgan fingerprint density at radius 1 is 1.03 bits per heavy atom. The predicted molar refractivity (Wildman–Crippen MR) is 140 cm³/mol. The standard InChI is InChI=1S/C25H34BrN3O4S/c1-7-27-24(31)18(2)28(16-19-8-12-21(26)13-9-19)23(30)17-29(34(6,32)33)22-14-10-20(11-15-22)25(3,4)5/h8-15,18H,7,16-17H2,1-6H3,(H,27,31)/t18-/m0/s1. The highest BCUT2D eigenvalue weighted by Gasteiger charge is 2.30. The number of carbonyl (C=O) groups excluding carboxylic acids is 2. The van der Waals surface area contributed by atoms with Crippen molar-refractivity contribution in [1.29, 1.82) is 0 Å². The van der Waals surface area contributed by atoms with Crippen LogP contribution in [0.15, 0.2) is 53.0 Å². The minimum atomic E-state index is -3.75. The van der Waals surface area contributed by atoms with Crippen LogP contribution in [0.1, 0.15) is 45.7 Å². The van der Waals surface area contributed by atoms with Gasteiger partial charge in [0.15, 0.2) is 0 Å². The molecule has 0 aliphatic rings. The fraction of sp³-hybridized carbons (Fsp3) is 0.440. The zero-order valence-corrected chi connectivity index (χ0v) is 23.0. The number of sulfonamides is 1. The van der Waals surface area contributed by atoms with E-state index in [1.54, 1.807) is 26.0 Å². The van der Waals surface area contributed by atoms with Crippen molar-refractivity contribution in [1.82, 2.24) is 10.2 Å². The number of nitrogens with one attached hydrogen (secondary N) is 1. The van der Waals surface area contributed by atoms with E-state index in [-0.39, 0.29) is 17.9 Å². The lowest BCUT2D eigenvalue weighted by Crippen LogP contribution is -2.51. The molecule has 2 aromatic carbocycles. The van der Waals surface area contributed by atoms with E-state index in [0.717, 1.165) is 26.2 Å². The van der Waals surface area contributed by atoms with Crippen molar-refractivity contribution in [2.24, 2.45) is 0 Å². The molecule has 0 spiro atoms. The molecule has 34 heavy (non-hydrogen) atoms. The summed E-state index contributed by atoms with van der Waals surface area (Å²) in [6.45, 7) is 9.86. The van der Waals surface area contributed by atoms with Crippen LogP contribution in [0.25, 0.3) is 0 Å². The first-order valence-electron chi connectivity index (χ1n) is 11.1. The van der Waals surface area contributed by atoms with Gasteiger partial charge < -0.3 is 10.2 Å². The second-order valence-corrected chi connectivity index (χ2v) is 12.1. The first kappa shape index (κ1) is 27.9. The average molecular weight is 553 g/mol. The van der Waals surface area contributed by atoms with Crippen LogP contribution in [0.4, 0.5) is 5.69 Å². The van der Waals surface area contributed by atoms with E-state index in [4.69, 9.17) is 0 Å². The number of anilines is 1. The Hall–Kier alpha value is -2.39. The van der Waals surface area contributed by atoms with Gasteiger partial charge in [0.25, 0.3) is 0 Å². The maximum atomic E-state index is 13.5. The van der Waals surface area contributed by atoms with E-state index in [1.807, 2.05) is 36.4 Å². The predicted octanol–water partition coefficient (Wildman–Crippen LogP) is 4.07. The third kappa shape index (κ3) is 7.56. The molecule has 0 heterocycles. The Morgan fingerprint density at radius 2 is 1.59 bits per heavy atom. The molecule has 9 heteroatoms. The van der Waals surface area contributed by atoms with Crippen LogP contribution in [0.2, 0.25) is 0 Å². The van der Waals surface area contributed by atoms with Crippen LogP contribution >= 0.6 is 15.9 Å². The third-order valence-electron chi connectivity index (χ3n) is 5.48. The Bertz CT molecular complexity index is 1090. The summed E-state index contributed by atoms with van der Waals surface area (Å²) in [5, 5.41) is 2.74. The molecule has 186 valence electrons. The van der Waals surface area contributed by atoms with E-state index in [9.17, 15) is 18.0 Å². The van der Waals surface area contributed by atoms with Crippen LogP contribution in [0.3, 0.4) is 0 Å². The number of hydrogen-bond acceptors (Lipinski definition) is 4. The average Bonchev–Trinajstić information content (AvgIpc) is 2.75. The maximum Gasteiger partial charge on any atom is 0.244 e. The molecule has 1 atom stereocenters. The number of rotatable bonds is 9. The Morgan fingerprint density at radius 3 is 2.06 bits per heavy atom. The second-order valence-electron chi connectivity index (χ2n) is 9.29. The third-order valence-corrected chi connectivity index (χ3v) is 7.15. The highest BCUT2D eigenvalue weighted by atomic mass is 79.9. The van der Waals surface area contributed by atoms with Crippen molar-refractivity contribution in [3.63, 3.8) is 0 Å². The van der Waals surface area contributed by atoms with Gasteiger partial charge in [-0.2, -0.15) is 0 Å². The minimum Gasteiger partial charge on any atom is -0.355 e. The lowest BCUT2D eigenvalue weighted by Gasteiger charge is -2.31. The van der Waals surface area contributed by atoms with Crippen LogP contribution in [-0.2, 0) is 31.6 Å². The molecular weight excluding hydrogens is 518 g/mol. The molecule has 0 aromatic heterocycles. The Kier molecular flexibility index (Phi) is 9.30. The highest BCUT2D eigenvalue weighted by molar-refractivity contribution is 9.10. The van der Waals surface area contributed by atoms with Crippen molar-refractivity contribution in [2.75, 3.05) is 23.7 Å². The molecule has 7 nitrogen and oxygen atoms in total. The van der Waals surface area contributed by atoms with Gasteiger partial charge in [0.1, 0.15) is 12.6 Å². The molecule has 1 N–H and O–H groups in total. The van der Waals surface area contributed by atoms with Gasteiger partial charge in [-0.3, -0.25) is 13.9 Å². The first-order chi connectivity index (χ1) is 15.7. The van der Waals surface area contributed by atoms with Gasteiger partial charge in [0.2, 0.25) is 21.8 Å². The summed E-state index contributed by atoms with van der Waals surface area (Å²) >= 11 is 3.39. The van der Waals surface area contributed by atoms with Crippen molar-refractivity contribution in [3.05, 3.63) is 64.1 Å². The molecule has 2 aromatic rings. The summed E-state index contributed by atoms with van der Waals surface area (Å²) in [6.07, 6.45) is 1.07. The summed E-state index contributed by atoms with van der Waals surface area (Å²) in [5.41, 5.74) is 2.19.